The number of nitrogens with one attached hydrogen (secondary N) is 1. The molecule has 0 aliphatic heterocycles. The standard InChI is InChI=1S/C19H16N6OS2/c1-9-10(2)28-18-15(9)17(26)22-14(23-18)8-27-19-21-13-7-5-4-6-12(13)16-20-11(3)24-25(16)19/h4-7H,8H2,1-3H3,(H,22,23,26). The number of benzene rings is 1. The largest absolute Gasteiger partial charge is 0.309 e. The van der Waals surface area contributed by atoms with E-state index in [9.17, 15) is 4.79 Å². The van der Waals surface area contributed by atoms with Gasteiger partial charge >= 0.3 is 0 Å². The number of H-pyrrole nitrogens is 1. The van der Waals surface area contributed by atoms with Crippen LogP contribution in [-0.2, 0) is 5.75 Å². The van der Waals surface area contributed by atoms with E-state index in [2.05, 4.69) is 20.1 Å². The summed E-state index contributed by atoms with van der Waals surface area (Å²) in [6.07, 6.45) is 0. The van der Waals surface area contributed by atoms with Gasteiger partial charge < -0.3 is 4.98 Å². The molecule has 5 rings (SSSR count). The van der Waals surface area contributed by atoms with Gasteiger partial charge in [-0.25, -0.2) is 15.0 Å². The maximum atomic E-state index is 12.5. The first-order valence-electron chi connectivity index (χ1n) is 8.75. The Kier molecular flexibility index (Phi) is 3.95. The van der Waals surface area contributed by atoms with Crippen molar-refractivity contribution < 1.29 is 0 Å². The van der Waals surface area contributed by atoms with Crippen molar-refractivity contribution in [2.75, 3.05) is 0 Å². The molecule has 0 fully saturated rings. The molecule has 7 nitrogen and oxygen atoms in total. The molecule has 0 unspecified atom stereocenters. The van der Waals surface area contributed by atoms with E-state index < -0.39 is 0 Å². The molecule has 0 saturated carbocycles. The molecule has 4 aromatic heterocycles. The summed E-state index contributed by atoms with van der Waals surface area (Å²) in [7, 11) is 0. The van der Waals surface area contributed by atoms with Crippen LogP contribution in [0.15, 0.2) is 34.2 Å². The van der Waals surface area contributed by atoms with Gasteiger partial charge in [-0.3, -0.25) is 4.79 Å². The van der Waals surface area contributed by atoms with Gasteiger partial charge in [-0.15, -0.1) is 16.4 Å². The van der Waals surface area contributed by atoms with Gasteiger partial charge in [0.25, 0.3) is 5.56 Å². The number of fused-ring (bicyclic) bond motifs is 4. The fourth-order valence-corrected chi connectivity index (χ4v) is 5.09. The topological polar surface area (TPSA) is 88.8 Å². The van der Waals surface area contributed by atoms with Gasteiger partial charge in [0.05, 0.1) is 16.7 Å². The van der Waals surface area contributed by atoms with Crippen LogP contribution in [0.25, 0.3) is 26.8 Å². The molecule has 1 aromatic carbocycles. The zero-order chi connectivity index (χ0) is 19.4. The van der Waals surface area contributed by atoms with Gasteiger partial charge in [0, 0.05) is 10.3 Å². The second kappa shape index (κ2) is 6.39. The molecule has 0 radical (unpaired) electrons. The Labute approximate surface area is 167 Å². The molecule has 4 heterocycles. The number of para-hydroxylation sites is 1. The van der Waals surface area contributed by atoms with Crippen molar-refractivity contribution in [3.63, 3.8) is 0 Å². The predicted molar refractivity (Wildman–Crippen MR) is 112 cm³/mol. The maximum Gasteiger partial charge on any atom is 0.259 e. The first-order chi connectivity index (χ1) is 13.5. The molecule has 5 aromatic rings. The maximum absolute atomic E-state index is 12.5. The Morgan fingerprint density at radius 3 is 2.82 bits per heavy atom. The summed E-state index contributed by atoms with van der Waals surface area (Å²) in [5.74, 6) is 1.81. The molecule has 140 valence electrons. The van der Waals surface area contributed by atoms with Gasteiger partial charge in [0.2, 0.25) is 0 Å². The molecule has 0 amide bonds. The van der Waals surface area contributed by atoms with Crippen molar-refractivity contribution >= 4 is 49.9 Å². The number of hydrogen-bond acceptors (Lipinski definition) is 7. The minimum atomic E-state index is -0.0873. The van der Waals surface area contributed by atoms with Crippen LogP contribution >= 0.6 is 23.1 Å². The monoisotopic (exact) mass is 408 g/mol. The molecule has 0 bridgehead atoms. The number of hydrogen-bond donors (Lipinski definition) is 1. The van der Waals surface area contributed by atoms with Crippen LogP contribution in [0.2, 0.25) is 0 Å². The third-order valence-corrected chi connectivity index (χ3v) is 6.72. The Morgan fingerprint density at radius 2 is 1.96 bits per heavy atom. The summed E-state index contributed by atoms with van der Waals surface area (Å²) in [4.78, 5) is 31.2. The van der Waals surface area contributed by atoms with Gasteiger partial charge in [-0.05, 0) is 38.5 Å². The van der Waals surface area contributed by atoms with Crippen LogP contribution in [-0.4, -0.2) is 29.5 Å². The van der Waals surface area contributed by atoms with E-state index in [1.54, 1.807) is 15.9 Å². The zero-order valence-corrected chi connectivity index (χ0v) is 17.1. The summed E-state index contributed by atoms with van der Waals surface area (Å²) >= 11 is 3.03. The van der Waals surface area contributed by atoms with Crippen molar-refractivity contribution in [3.8, 4) is 0 Å². The third-order valence-electron chi connectivity index (χ3n) is 4.68. The van der Waals surface area contributed by atoms with Crippen molar-refractivity contribution in [1.29, 1.82) is 0 Å². The molecule has 0 atom stereocenters. The fraction of sp³-hybridized carbons (Fsp3) is 0.211. The SMILES string of the molecule is Cc1nc2c3ccccc3nc(SCc3nc4sc(C)c(C)c4c(=O)[nH]3)n2n1. The highest BCUT2D eigenvalue weighted by Gasteiger charge is 2.15. The molecule has 28 heavy (non-hydrogen) atoms. The second-order valence-electron chi connectivity index (χ2n) is 6.57. The smallest absolute Gasteiger partial charge is 0.259 e. The highest BCUT2D eigenvalue weighted by atomic mass is 32.2. The third kappa shape index (κ3) is 2.70. The highest BCUT2D eigenvalue weighted by molar-refractivity contribution is 7.98. The normalized spacial score (nSPS) is 11.8. The molecule has 0 saturated heterocycles. The van der Waals surface area contributed by atoms with Crippen LogP contribution < -0.4 is 5.56 Å². The number of aromatic nitrogens is 6. The summed E-state index contributed by atoms with van der Waals surface area (Å²) in [6, 6.07) is 7.88. The van der Waals surface area contributed by atoms with E-state index in [1.165, 1.54) is 11.8 Å². The molecule has 0 aliphatic carbocycles. The van der Waals surface area contributed by atoms with E-state index in [0.717, 1.165) is 37.0 Å². The number of aromatic amines is 1. The first-order valence-corrected chi connectivity index (χ1v) is 10.6. The number of rotatable bonds is 3. The minimum absolute atomic E-state index is 0.0873. The van der Waals surface area contributed by atoms with Crippen molar-refractivity contribution in [2.24, 2.45) is 0 Å². The summed E-state index contributed by atoms with van der Waals surface area (Å²) in [6.45, 7) is 5.84. The van der Waals surface area contributed by atoms with Crippen LogP contribution in [0.1, 0.15) is 22.1 Å². The minimum Gasteiger partial charge on any atom is -0.309 e. The van der Waals surface area contributed by atoms with Crippen LogP contribution in [0, 0.1) is 20.8 Å². The molecular weight excluding hydrogens is 392 g/mol. The van der Waals surface area contributed by atoms with E-state index >= 15 is 0 Å². The van der Waals surface area contributed by atoms with E-state index in [1.807, 2.05) is 45.0 Å². The molecule has 9 heteroatoms. The Hall–Kier alpha value is -2.78. The lowest BCUT2D eigenvalue weighted by molar-refractivity contribution is 0.796. The average molecular weight is 409 g/mol. The Morgan fingerprint density at radius 1 is 1.14 bits per heavy atom. The number of thiophene rings is 1. The van der Waals surface area contributed by atoms with Crippen LogP contribution in [0.4, 0.5) is 0 Å². The van der Waals surface area contributed by atoms with E-state index in [0.29, 0.717) is 22.8 Å². The van der Waals surface area contributed by atoms with Gasteiger partial charge in [0.1, 0.15) is 16.5 Å². The predicted octanol–water partition coefficient (Wildman–Crippen LogP) is 3.79. The Balaban J connectivity index is 1.57. The molecule has 0 aliphatic rings. The average Bonchev–Trinajstić information content (AvgIpc) is 3.20. The van der Waals surface area contributed by atoms with Gasteiger partial charge in [0.15, 0.2) is 10.8 Å². The highest BCUT2D eigenvalue weighted by Crippen LogP contribution is 2.28. The Bertz CT molecular complexity index is 1430. The first kappa shape index (κ1) is 17.3. The van der Waals surface area contributed by atoms with Crippen molar-refractivity contribution in [1.82, 2.24) is 29.5 Å². The lowest BCUT2D eigenvalue weighted by atomic mass is 10.2. The zero-order valence-electron chi connectivity index (χ0n) is 15.5. The summed E-state index contributed by atoms with van der Waals surface area (Å²) < 4.78 is 1.76. The van der Waals surface area contributed by atoms with E-state index in [-0.39, 0.29) is 5.56 Å². The fourth-order valence-electron chi connectivity index (χ4n) is 3.23. The van der Waals surface area contributed by atoms with Gasteiger partial charge in [-0.1, -0.05) is 23.9 Å². The van der Waals surface area contributed by atoms with Crippen LogP contribution in [0.5, 0.6) is 0 Å². The molecule has 0 spiro atoms. The second-order valence-corrected chi connectivity index (χ2v) is 8.72. The number of aryl methyl sites for hydroxylation is 3. The van der Waals surface area contributed by atoms with Crippen LogP contribution in [0.3, 0.4) is 0 Å². The number of thioether (sulfide) groups is 1. The van der Waals surface area contributed by atoms with E-state index in [4.69, 9.17) is 4.98 Å². The lowest BCUT2D eigenvalue weighted by Gasteiger charge is -2.06. The summed E-state index contributed by atoms with van der Waals surface area (Å²) in [5.41, 5.74) is 2.57. The quantitative estimate of drug-likeness (QED) is 0.361. The summed E-state index contributed by atoms with van der Waals surface area (Å²) in [5, 5.41) is 6.86. The van der Waals surface area contributed by atoms with Crippen molar-refractivity contribution in [3.05, 3.63) is 56.7 Å². The molecular formula is C19H16N6OS2. The lowest BCUT2D eigenvalue weighted by Crippen LogP contribution is -2.11. The van der Waals surface area contributed by atoms with Crippen molar-refractivity contribution in [2.45, 2.75) is 31.7 Å². The van der Waals surface area contributed by atoms with Gasteiger partial charge in [-0.2, -0.15) is 4.52 Å². The number of nitrogens with zero attached hydrogens (tertiary/aromatic N) is 5. The molecule has 1 N–H and O–H groups in total.